The largest absolute Gasteiger partial charge is 0.471 e. The van der Waals surface area contributed by atoms with Crippen molar-refractivity contribution in [1.82, 2.24) is 0 Å². The molecule has 7 nitrogen and oxygen atoms in total. The summed E-state index contributed by atoms with van der Waals surface area (Å²) >= 11 is 0. The second kappa shape index (κ2) is 5.19. The molecule has 0 aromatic carbocycles. The minimum Gasteiger partial charge on any atom is -0.471 e. The van der Waals surface area contributed by atoms with E-state index >= 15 is 0 Å². The zero-order chi connectivity index (χ0) is 20.1. The number of rotatable bonds is 2. The third-order valence-electron chi connectivity index (χ3n) is 8.40. The molecule has 2 heterocycles. The van der Waals surface area contributed by atoms with Gasteiger partial charge in [0.15, 0.2) is 0 Å². The van der Waals surface area contributed by atoms with Crippen LogP contribution in [0.3, 0.4) is 0 Å². The average molecular weight is 390 g/mol. The number of carbonyl (C=O) groups is 2. The van der Waals surface area contributed by atoms with E-state index in [2.05, 4.69) is 6.58 Å². The van der Waals surface area contributed by atoms with E-state index in [0.29, 0.717) is 25.7 Å². The van der Waals surface area contributed by atoms with Crippen LogP contribution in [0.25, 0.3) is 0 Å². The van der Waals surface area contributed by atoms with Crippen molar-refractivity contribution < 1.29 is 33.6 Å². The van der Waals surface area contributed by atoms with Crippen molar-refractivity contribution in [3.8, 4) is 0 Å². The summed E-state index contributed by atoms with van der Waals surface area (Å²) in [5.74, 6) is -2.05. The summed E-state index contributed by atoms with van der Waals surface area (Å²) < 4.78 is 22.5. The lowest BCUT2D eigenvalue weighted by Gasteiger charge is -2.46. The molecule has 0 amide bonds. The van der Waals surface area contributed by atoms with Crippen LogP contribution in [0.1, 0.15) is 32.6 Å². The zero-order valence-electron chi connectivity index (χ0n) is 16.4. The monoisotopic (exact) mass is 390 g/mol. The Kier molecular flexibility index (Phi) is 3.37. The number of esters is 2. The van der Waals surface area contributed by atoms with Gasteiger partial charge >= 0.3 is 11.9 Å². The second-order valence-corrected chi connectivity index (χ2v) is 9.31. The molecule has 2 aliphatic heterocycles. The van der Waals surface area contributed by atoms with Gasteiger partial charge in [-0.05, 0) is 55.6 Å². The van der Waals surface area contributed by atoms with Crippen molar-refractivity contribution in [3.05, 3.63) is 24.5 Å². The Morgan fingerprint density at radius 3 is 2.75 bits per heavy atom. The predicted octanol–water partition coefficient (Wildman–Crippen LogP) is 1.70. The van der Waals surface area contributed by atoms with Crippen LogP contribution in [0.4, 0.5) is 0 Å². The first-order chi connectivity index (χ1) is 13.2. The van der Waals surface area contributed by atoms with E-state index in [9.17, 15) is 14.7 Å². The summed E-state index contributed by atoms with van der Waals surface area (Å²) in [5.41, 5.74) is -2.80. The van der Waals surface area contributed by atoms with E-state index < -0.39 is 46.1 Å². The van der Waals surface area contributed by atoms with Crippen LogP contribution in [0.15, 0.2) is 24.5 Å². The molecule has 0 unspecified atom stereocenters. The van der Waals surface area contributed by atoms with Crippen LogP contribution in [0.5, 0.6) is 0 Å². The van der Waals surface area contributed by atoms with Crippen molar-refractivity contribution in [3.63, 3.8) is 0 Å². The van der Waals surface area contributed by atoms with Crippen LogP contribution in [0.2, 0.25) is 0 Å². The summed E-state index contributed by atoms with van der Waals surface area (Å²) in [6, 6.07) is 0. The summed E-state index contributed by atoms with van der Waals surface area (Å²) in [4.78, 5) is 26.2. The average Bonchev–Trinajstić information content (AvgIpc) is 3.10. The lowest BCUT2D eigenvalue weighted by atomic mass is 9.61. The Bertz CT molecular complexity index is 820. The van der Waals surface area contributed by atoms with Gasteiger partial charge in [0.05, 0.1) is 32.0 Å². The first-order valence-electron chi connectivity index (χ1n) is 9.77. The Morgan fingerprint density at radius 2 is 2.07 bits per heavy atom. The van der Waals surface area contributed by atoms with E-state index in [4.69, 9.17) is 18.9 Å². The molecule has 8 atom stereocenters. The van der Waals surface area contributed by atoms with E-state index in [-0.39, 0.29) is 11.9 Å². The van der Waals surface area contributed by atoms with E-state index in [1.807, 2.05) is 6.08 Å². The maximum absolute atomic E-state index is 13.2. The molecule has 4 fully saturated rings. The molecule has 28 heavy (non-hydrogen) atoms. The first kappa shape index (κ1) is 18.2. The molecular formula is C21H26O7. The predicted molar refractivity (Wildman–Crippen MR) is 95.4 cm³/mol. The SMILES string of the molecule is C=C1C[C@]23C[C@@]1(O)CC[C@H]2[C@@]12C=CO[C@H](O1)[C@@](C)(C(=O)OC)[C@H]2[C@@H]3C(=O)OC. The fourth-order valence-electron chi connectivity index (χ4n) is 7.41. The van der Waals surface area contributed by atoms with Crippen LogP contribution >= 0.6 is 0 Å². The molecule has 4 bridgehead atoms. The standard InChI is InChI=1S/C21H26O7/c1-11-9-19-10-20(11,24)6-5-12(19)21-7-8-27-17(28-21)18(2,16(23)26-4)14(21)13(19)15(22)25-3/h7-8,12-14,17,24H,1,5-6,9-10H2,2-4H3/t12-,13-,14-,17-,18-,19+,20+,21-/m1/s1. The molecule has 3 saturated carbocycles. The second-order valence-electron chi connectivity index (χ2n) is 9.31. The highest BCUT2D eigenvalue weighted by atomic mass is 16.7. The fraction of sp³-hybridized carbons (Fsp3) is 0.714. The third-order valence-corrected chi connectivity index (χ3v) is 8.40. The van der Waals surface area contributed by atoms with Gasteiger partial charge in [0, 0.05) is 5.92 Å². The lowest BCUT2D eigenvalue weighted by molar-refractivity contribution is -0.207. The van der Waals surface area contributed by atoms with Crippen molar-refractivity contribution in [2.75, 3.05) is 14.2 Å². The summed E-state index contributed by atoms with van der Waals surface area (Å²) in [7, 11) is 2.70. The molecule has 0 aromatic heterocycles. The summed E-state index contributed by atoms with van der Waals surface area (Å²) in [5, 5.41) is 11.1. The first-order valence-corrected chi connectivity index (χ1v) is 9.77. The number of carbonyl (C=O) groups excluding carboxylic acids is 2. The van der Waals surface area contributed by atoms with Gasteiger partial charge in [0.25, 0.3) is 0 Å². The van der Waals surface area contributed by atoms with Crippen molar-refractivity contribution in [2.45, 2.75) is 50.1 Å². The normalized spacial score (nSPS) is 52.6. The number of hydrogen-bond acceptors (Lipinski definition) is 7. The van der Waals surface area contributed by atoms with Gasteiger partial charge in [0.2, 0.25) is 6.29 Å². The van der Waals surface area contributed by atoms with Crippen LogP contribution in [-0.2, 0) is 28.5 Å². The Hall–Kier alpha value is -1.86. The van der Waals surface area contributed by atoms with Gasteiger partial charge in [0.1, 0.15) is 11.0 Å². The van der Waals surface area contributed by atoms with Crippen molar-refractivity contribution >= 4 is 11.9 Å². The number of methoxy groups -OCH3 is 2. The molecule has 0 radical (unpaired) electrons. The topological polar surface area (TPSA) is 91.3 Å². The molecule has 7 heteroatoms. The number of aliphatic hydroxyl groups is 1. The molecule has 5 aliphatic rings. The molecule has 2 spiro atoms. The molecule has 152 valence electrons. The van der Waals surface area contributed by atoms with Crippen molar-refractivity contribution in [1.29, 1.82) is 0 Å². The molecular weight excluding hydrogens is 364 g/mol. The smallest absolute Gasteiger partial charge is 0.318 e. The van der Waals surface area contributed by atoms with Gasteiger partial charge in [-0.15, -0.1) is 0 Å². The highest BCUT2D eigenvalue weighted by Gasteiger charge is 2.83. The molecule has 1 saturated heterocycles. The highest BCUT2D eigenvalue weighted by Crippen LogP contribution is 2.77. The van der Waals surface area contributed by atoms with Crippen LogP contribution in [0, 0.1) is 28.6 Å². The number of fused-ring (bicyclic) bond motifs is 2. The third kappa shape index (κ3) is 1.70. The molecule has 0 aromatic rings. The van der Waals surface area contributed by atoms with Gasteiger partial charge in [-0.25, -0.2) is 0 Å². The van der Waals surface area contributed by atoms with E-state index in [1.54, 1.807) is 13.2 Å². The Balaban J connectivity index is 1.76. The Labute approximate surface area is 163 Å². The number of hydrogen-bond donors (Lipinski definition) is 1. The number of ether oxygens (including phenoxy) is 4. The minimum absolute atomic E-state index is 0.0530. The van der Waals surface area contributed by atoms with Crippen LogP contribution in [-0.4, -0.2) is 48.8 Å². The quantitative estimate of drug-likeness (QED) is 0.567. The fourth-order valence-corrected chi connectivity index (χ4v) is 7.41. The van der Waals surface area contributed by atoms with Gasteiger partial charge < -0.3 is 24.1 Å². The maximum atomic E-state index is 13.2. The maximum Gasteiger partial charge on any atom is 0.318 e. The van der Waals surface area contributed by atoms with Gasteiger partial charge in [-0.2, -0.15) is 0 Å². The molecule has 3 aliphatic carbocycles. The van der Waals surface area contributed by atoms with Crippen LogP contribution < -0.4 is 0 Å². The summed E-state index contributed by atoms with van der Waals surface area (Å²) in [6.07, 6.45) is 4.82. The molecule has 1 N–H and O–H groups in total. The zero-order valence-corrected chi connectivity index (χ0v) is 16.4. The van der Waals surface area contributed by atoms with Gasteiger partial charge in [-0.1, -0.05) is 6.58 Å². The molecule has 5 rings (SSSR count). The lowest BCUT2D eigenvalue weighted by Crippen LogP contribution is -2.50. The van der Waals surface area contributed by atoms with E-state index in [0.717, 1.165) is 5.57 Å². The van der Waals surface area contributed by atoms with Crippen molar-refractivity contribution in [2.24, 2.45) is 28.6 Å². The Morgan fingerprint density at radius 1 is 1.32 bits per heavy atom. The van der Waals surface area contributed by atoms with E-state index in [1.165, 1.54) is 14.2 Å². The highest BCUT2D eigenvalue weighted by molar-refractivity contribution is 5.83. The minimum atomic E-state index is -1.18. The van der Waals surface area contributed by atoms with Gasteiger partial charge in [-0.3, -0.25) is 9.59 Å². The summed E-state index contributed by atoms with van der Waals surface area (Å²) in [6.45, 7) is 5.88.